The van der Waals surface area contributed by atoms with Crippen LogP contribution in [0, 0.1) is 18.8 Å². The van der Waals surface area contributed by atoms with Crippen LogP contribution in [0.3, 0.4) is 0 Å². The molecule has 2 saturated heterocycles. The topological polar surface area (TPSA) is 70.4 Å². The molecule has 1 aromatic carbocycles. The molecule has 1 amide bonds. The third-order valence-corrected chi connectivity index (χ3v) is 6.97. The lowest BCUT2D eigenvalue weighted by atomic mass is 9.95. The van der Waals surface area contributed by atoms with Crippen molar-refractivity contribution in [1.29, 1.82) is 0 Å². The lowest BCUT2D eigenvalue weighted by Crippen LogP contribution is -2.42. The van der Waals surface area contributed by atoms with E-state index in [9.17, 15) is 4.79 Å². The van der Waals surface area contributed by atoms with Crippen LogP contribution in [0.5, 0.6) is 0 Å². The largest absolute Gasteiger partial charge is 0.353 e. The molecule has 33 heavy (non-hydrogen) atoms. The van der Waals surface area contributed by atoms with E-state index in [0.29, 0.717) is 11.8 Å². The number of rotatable bonds is 5. The molecular weight excluding hydrogens is 414 g/mol. The number of benzene rings is 1. The maximum absolute atomic E-state index is 13.1. The molecule has 0 bridgehead atoms. The lowest BCUT2D eigenvalue weighted by molar-refractivity contribution is -0.135. The summed E-state index contributed by atoms with van der Waals surface area (Å²) < 4.78 is 1.89. The number of hydrogen-bond acceptors (Lipinski definition) is 6. The lowest BCUT2D eigenvalue weighted by Gasteiger charge is -2.33. The summed E-state index contributed by atoms with van der Waals surface area (Å²) >= 11 is 0. The monoisotopic (exact) mass is 447 g/mol. The number of aryl methyl sites for hydroxylation is 1. The Labute approximate surface area is 195 Å². The number of anilines is 1. The van der Waals surface area contributed by atoms with E-state index in [1.165, 1.54) is 5.56 Å². The molecule has 0 N–H and O–H groups in total. The van der Waals surface area contributed by atoms with Crippen molar-refractivity contribution in [3.05, 3.63) is 42.2 Å². The molecule has 174 valence electrons. The minimum absolute atomic E-state index is 0.108. The van der Waals surface area contributed by atoms with Crippen LogP contribution in [0.15, 0.2) is 36.7 Å². The van der Waals surface area contributed by atoms with Crippen LogP contribution in [0.1, 0.15) is 24.8 Å². The van der Waals surface area contributed by atoms with Gasteiger partial charge in [-0.05, 0) is 58.3 Å². The van der Waals surface area contributed by atoms with Gasteiger partial charge >= 0.3 is 0 Å². The van der Waals surface area contributed by atoms with Crippen molar-refractivity contribution in [3.63, 3.8) is 0 Å². The molecule has 2 aliphatic rings. The van der Waals surface area contributed by atoms with E-state index in [1.54, 1.807) is 6.20 Å². The van der Waals surface area contributed by atoms with Crippen LogP contribution in [0.2, 0.25) is 0 Å². The molecule has 2 aromatic heterocycles. The van der Waals surface area contributed by atoms with Crippen molar-refractivity contribution in [2.45, 2.75) is 26.2 Å². The van der Waals surface area contributed by atoms with E-state index >= 15 is 0 Å². The van der Waals surface area contributed by atoms with Crippen LogP contribution in [0.25, 0.3) is 16.6 Å². The summed E-state index contributed by atoms with van der Waals surface area (Å²) in [5.74, 6) is 1.86. The first kappa shape index (κ1) is 21.8. The highest BCUT2D eigenvalue weighted by molar-refractivity contribution is 5.88. The third-order valence-electron chi connectivity index (χ3n) is 6.97. The van der Waals surface area contributed by atoms with Crippen molar-refractivity contribution in [1.82, 2.24) is 29.8 Å². The molecule has 0 saturated carbocycles. The van der Waals surface area contributed by atoms with Crippen LogP contribution < -0.4 is 4.90 Å². The highest BCUT2D eigenvalue weighted by Gasteiger charge is 2.33. The molecule has 2 fully saturated rings. The first-order valence-corrected chi connectivity index (χ1v) is 11.9. The van der Waals surface area contributed by atoms with Gasteiger partial charge in [0.2, 0.25) is 5.91 Å². The molecule has 8 heteroatoms. The van der Waals surface area contributed by atoms with Crippen molar-refractivity contribution < 1.29 is 4.79 Å². The van der Waals surface area contributed by atoms with Gasteiger partial charge in [-0.3, -0.25) is 4.79 Å². The molecule has 0 spiro atoms. The molecule has 0 radical (unpaired) electrons. The number of fused-ring (bicyclic) bond motifs is 1. The zero-order valence-corrected chi connectivity index (χ0v) is 19.8. The van der Waals surface area contributed by atoms with E-state index < -0.39 is 0 Å². The van der Waals surface area contributed by atoms with E-state index in [0.717, 1.165) is 74.4 Å². The van der Waals surface area contributed by atoms with Gasteiger partial charge in [-0.1, -0.05) is 17.7 Å². The number of hydrogen-bond donors (Lipinski definition) is 0. The summed E-state index contributed by atoms with van der Waals surface area (Å²) in [7, 11) is 4.21. The van der Waals surface area contributed by atoms with Crippen LogP contribution in [0.4, 0.5) is 5.82 Å². The maximum atomic E-state index is 13.1. The first-order chi connectivity index (χ1) is 16.0. The molecule has 1 unspecified atom stereocenters. The second-order valence-corrected chi connectivity index (χ2v) is 9.84. The summed E-state index contributed by atoms with van der Waals surface area (Å²) in [4.78, 5) is 19.7. The van der Waals surface area contributed by atoms with Crippen LogP contribution in [-0.2, 0) is 4.79 Å². The number of likely N-dealkylation sites (tertiary alicyclic amines) is 1. The van der Waals surface area contributed by atoms with Gasteiger partial charge in [0.15, 0.2) is 5.82 Å². The number of nitrogens with zero attached hydrogens (tertiary/aromatic N) is 7. The standard InChI is InChI=1S/C25H33N7O/c1-18-4-6-22(7-5-18)32-17-21-14-26-27-24(23(21)28-32)30-12-9-20(10-13-30)25(33)31-11-8-19(16-31)15-29(2)3/h4-7,14,17,19-20H,8-13,15-16H2,1-3H3. The van der Waals surface area contributed by atoms with E-state index in [4.69, 9.17) is 5.10 Å². The Morgan fingerprint density at radius 1 is 1.09 bits per heavy atom. The van der Waals surface area contributed by atoms with Crippen molar-refractivity contribution in [2.24, 2.45) is 11.8 Å². The van der Waals surface area contributed by atoms with Gasteiger partial charge in [0.25, 0.3) is 0 Å². The smallest absolute Gasteiger partial charge is 0.225 e. The van der Waals surface area contributed by atoms with Gasteiger partial charge in [-0.15, -0.1) is 5.10 Å². The Morgan fingerprint density at radius 3 is 2.58 bits per heavy atom. The number of carbonyl (C=O) groups is 1. The summed E-state index contributed by atoms with van der Waals surface area (Å²) in [5, 5.41) is 14.5. The second-order valence-electron chi connectivity index (χ2n) is 9.84. The Bertz CT molecular complexity index is 1120. The Kier molecular flexibility index (Phi) is 6.01. The zero-order chi connectivity index (χ0) is 22.9. The van der Waals surface area contributed by atoms with Gasteiger partial charge in [-0.25, -0.2) is 4.68 Å². The highest BCUT2D eigenvalue weighted by atomic mass is 16.2. The maximum Gasteiger partial charge on any atom is 0.225 e. The average Bonchev–Trinajstić information content (AvgIpc) is 3.46. The molecule has 2 aliphatic heterocycles. The van der Waals surface area contributed by atoms with Crippen molar-refractivity contribution in [3.8, 4) is 5.69 Å². The van der Waals surface area contributed by atoms with Gasteiger partial charge in [0, 0.05) is 50.2 Å². The van der Waals surface area contributed by atoms with E-state index in [2.05, 4.69) is 70.2 Å². The Morgan fingerprint density at radius 2 is 1.85 bits per heavy atom. The predicted octanol–water partition coefficient (Wildman–Crippen LogP) is 2.75. The molecule has 3 aromatic rings. The predicted molar refractivity (Wildman–Crippen MR) is 130 cm³/mol. The second kappa shape index (κ2) is 9.09. The minimum Gasteiger partial charge on any atom is -0.353 e. The van der Waals surface area contributed by atoms with E-state index in [-0.39, 0.29) is 5.92 Å². The Hall–Kier alpha value is -3.00. The molecule has 0 aliphatic carbocycles. The Balaban J connectivity index is 1.26. The summed E-state index contributed by atoms with van der Waals surface area (Å²) in [6.45, 7) is 6.54. The first-order valence-electron chi connectivity index (χ1n) is 11.9. The quantitative estimate of drug-likeness (QED) is 0.599. The fraction of sp³-hybridized carbons (Fsp3) is 0.520. The van der Waals surface area contributed by atoms with Gasteiger partial charge < -0.3 is 14.7 Å². The van der Waals surface area contributed by atoms with Crippen molar-refractivity contribution in [2.75, 3.05) is 51.7 Å². The zero-order valence-electron chi connectivity index (χ0n) is 19.8. The highest BCUT2D eigenvalue weighted by Crippen LogP contribution is 2.29. The van der Waals surface area contributed by atoms with E-state index in [1.807, 2.05) is 10.9 Å². The summed E-state index contributed by atoms with van der Waals surface area (Å²) in [6.07, 6.45) is 6.59. The SMILES string of the molecule is Cc1ccc(-n2cc3cnnc(N4CCC(C(=O)N5CCC(CN(C)C)C5)CC4)c3n2)cc1. The normalized spacial score (nSPS) is 19.7. The fourth-order valence-corrected chi connectivity index (χ4v) is 5.19. The molecule has 8 nitrogen and oxygen atoms in total. The molecule has 1 atom stereocenters. The van der Waals surface area contributed by atoms with Crippen LogP contribution >= 0.6 is 0 Å². The number of aromatic nitrogens is 4. The number of piperidine rings is 1. The summed E-state index contributed by atoms with van der Waals surface area (Å²) in [5.41, 5.74) is 3.10. The van der Waals surface area contributed by atoms with Gasteiger partial charge in [-0.2, -0.15) is 10.2 Å². The average molecular weight is 448 g/mol. The number of carbonyl (C=O) groups excluding carboxylic acids is 1. The third kappa shape index (κ3) is 4.57. The molecule has 5 rings (SSSR count). The van der Waals surface area contributed by atoms with Crippen LogP contribution in [-0.4, -0.2) is 82.5 Å². The number of amides is 1. The fourth-order valence-electron chi connectivity index (χ4n) is 5.19. The summed E-state index contributed by atoms with van der Waals surface area (Å²) in [6, 6.07) is 8.31. The van der Waals surface area contributed by atoms with Crippen molar-refractivity contribution >= 4 is 22.6 Å². The molecular formula is C25H33N7O. The molecule has 4 heterocycles. The van der Waals surface area contributed by atoms with Gasteiger partial charge in [0.1, 0.15) is 5.52 Å². The minimum atomic E-state index is 0.108. The van der Waals surface area contributed by atoms with Gasteiger partial charge in [0.05, 0.1) is 11.9 Å².